The summed E-state index contributed by atoms with van der Waals surface area (Å²) in [6.07, 6.45) is 4.90. The first-order valence-corrected chi connectivity index (χ1v) is 3.57. The number of aliphatic imine (C=N–C) groups is 1. The first-order chi connectivity index (χ1) is 3.93. The number of rotatable bonds is 3. The minimum atomic E-state index is 1.04. The second-order valence-corrected chi connectivity index (χ2v) is 2.38. The van der Waals surface area contributed by atoms with Crippen LogP contribution in [0.25, 0.3) is 0 Å². The van der Waals surface area contributed by atoms with Crippen LogP contribution >= 0.6 is 22.9 Å². The largest absolute Gasteiger partial charge is 0.264 e. The van der Waals surface area contributed by atoms with Crippen molar-refractivity contribution in [2.24, 2.45) is 4.99 Å². The summed E-state index contributed by atoms with van der Waals surface area (Å²) in [6, 6.07) is 0. The van der Waals surface area contributed by atoms with Crippen LogP contribution in [0.5, 0.6) is 0 Å². The van der Waals surface area contributed by atoms with E-state index in [2.05, 4.69) is 31.4 Å². The van der Waals surface area contributed by atoms with Crippen molar-refractivity contribution in [3.63, 3.8) is 0 Å². The van der Waals surface area contributed by atoms with Gasteiger partial charge >= 0.3 is 0 Å². The van der Waals surface area contributed by atoms with Crippen LogP contribution in [0.4, 0.5) is 0 Å². The molecule has 8 heavy (non-hydrogen) atoms. The molecule has 0 radical (unpaired) electrons. The van der Waals surface area contributed by atoms with E-state index in [1.807, 2.05) is 12.4 Å². The molecule has 0 spiro atoms. The highest BCUT2D eigenvalue weighted by Crippen LogP contribution is 2.04. The molecular weight excluding hydrogens is 215 g/mol. The lowest BCUT2D eigenvalue weighted by molar-refractivity contribution is 0.938. The molecule has 1 heterocycles. The van der Waals surface area contributed by atoms with E-state index < -0.39 is 0 Å². The van der Waals surface area contributed by atoms with Crippen molar-refractivity contribution < 1.29 is 0 Å². The third-order valence-corrected chi connectivity index (χ3v) is 1.53. The quantitative estimate of drug-likeness (QED) is 0.564. The van der Waals surface area contributed by atoms with Crippen molar-refractivity contribution in [1.82, 2.24) is 3.53 Å². The molecule has 0 aromatic rings. The van der Waals surface area contributed by atoms with Crippen LogP contribution < -0.4 is 3.53 Å². The van der Waals surface area contributed by atoms with Gasteiger partial charge in [0.2, 0.25) is 0 Å². The molecule has 0 saturated carbocycles. The molecule has 0 unspecified atom stereocenters. The van der Waals surface area contributed by atoms with Gasteiger partial charge in [-0.3, -0.25) is 8.52 Å². The van der Waals surface area contributed by atoms with Gasteiger partial charge in [0.25, 0.3) is 0 Å². The molecule has 1 aliphatic heterocycles. The van der Waals surface area contributed by atoms with Crippen molar-refractivity contribution in [3.05, 3.63) is 11.8 Å². The lowest BCUT2D eigenvalue weighted by atomic mass is 10.2. The van der Waals surface area contributed by atoms with Crippen molar-refractivity contribution >= 4 is 29.1 Å². The number of nitrogens with zero attached hydrogens (tertiary/aromatic N) is 1. The van der Waals surface area contributed by atoms with Crippen LogP contribution in [0.2, 0.25) is 0 Å². The third kappa shape index (κ3) is 1.56. The summed E-state index contributed by atoms with van der Waals surface area (Å²) in [4.78, 5) is 3.83. The number of hydrogen-bond donors (Lipinski definition) is 1. The predicted octanol–water partition coefficient (Wildman–Crippen LogP) is 1.28. The van der Waals surface area contributed by atoms with E-state index in [1.165, 1.54) is 5.57 Å². The highest BCUT2D eigenvalue weighted by atomic mass is 127. The van der Waals surface area contributed by atoms with Crippen molar-refractivity contribution in [3.8, 4) is 0 Å². The first kappa shape index (κ1) is 6.22. The smallest absolute Gasteiger partial charge is 0.0315 e. The Morgan fingerprint density at radius 1 is 1.75 bits per heavy atom. The first-order valence-electron chi connectivity index (χ1n) is 2.49. The van der Waals surface area contributed by atoms with Gasteiger partial charge in [-0.2, -0.15) is 0 Å². The van der Waals surface area contributed by atoms with E-state index in [9.17, 15) is 0 Å². The summed E-state index contributed by atoms with van der Waals surface area (Å²) < 4.78 is 3.03. The molecule has 3 heteroatoms. The number of halogens is 1. The van der Waals surface area contributed by atoms with Gasteiger partial charge in [-0.05, 0) is 12.0 Å². The zero-order valence-corrected chi connectivity index (χ0v) is 6.55. The summed E-state index contributed by atoms with van der Waals surface area (Å²) in [7, 11) is 0. The van der Waals surface area contributed by atoms with Gasteiger partial charge in [-0.15, -0.1) is 0 Å². The Morgan fingerprint density at radius 3 is 2.88 bits per heavy atom. The molecule has 0 fully saturated rings. The van der Waals surface area contributed by atoms with Gasteiger partial charge in [0.05, 0.1) is 0 Å². The Hall–Kier alpha value is 0.1000. The highest BCUT2D eigenvalue weighted by molar-refractivity contribution is 14.1. The Balaban J connectivity index is 2.03. The van der Waals surface area contributed by atoms with Crippen LogP contribution in [0.1, 0.15) is 6.42 Å². The van der Waals surface area contributed by atoms with Gasteiger partial charge in [-0.25, -0.2) is 0 Å². The molecule has 2 nitrogen and oxygen atoms in total. The van der Waals surface area contributed by atoms with E-state index in [4.69, 9.17) is 0 Å². The van der Waals surface area contributed by atoms with E-state index in [0.717, 1.165) is 13.0 Å². The molecule has 0 aromatic carbocycles. The van der Waals surface area contributed by atoms with Gasteiger partial charge in [0.15, 0.2) is 0 Å². The number of nitrogens with one attached hydrogen (secondary N) is 1. The van der Waals surface area contributed by atoms with E-state index in [-0.39, 0.29) is 0 Å². The maximum absolute atomic E-state index is 3.83. The second kappa shape index (κ2) is 3.19. The molecule has 0 atom stereocenters. The Labute approximate surface area is 62.6 Å². The Morgan fingerprint density at radius 2 is 2.50 bits per heavy atom. The fraction of sp³-hybridized carbons (Fsp3) is 0.400. The Kier molecular flexibility index (Phi) is 2.48. The van der Waals surface area contributed by atoms with Crippen molar-refractivity contribution in [2.75, 3.05) is 6.54 Å². The van der Waals surface area contributed by atoms with Crippen LogP contribution in [-0.2, 0) is 0 Å². The summed E-state index contributed by atoms with van der Waals surface area (Å²) in [5.41, 5.74) is 1.34. The molecule has 0 bridgehead atoms. The summed E-state index contributed by atoms with van der Waals surface area (Å²) in [5.74, 6) is 0. The predicted molar refractivity (Wildman–Crippen MR) is 43.2 cm³/mol. The van der Waals surface area contributed by atoms with Gasteiger partial charge in [0, 0.05) is 41.8 Å². The van der Waals surface area contributed by atoms with Gasteiger partial charge in [-0.1, -0.05) is 0 Å². The zero-order valence-electron chi connectivity index (χ0n) is 4.39. The van der Waals surface area contributed by atoms with Crippen molar-refractivity contribution in [1.29, 1.82) is 0 Å². The molecular formula is C5H7IN2. The van der Waals surface area contributed by atoms with Crippen LogP contribution in [0, 0.1) is 0 Å². The fourth-order valence-electron chi connectivity index (χ4n) is 0.501. The van der Waals surface area contributed by atoms with E-state index >= 15 is 0 Å². The summed E-state index contributed by atoms with van der Waals surface area (Å²) in [6.45, 7) is 1.04. The van der Waals surface area contributed by atoms with Gasteiger partial charge < -0.3 is 0 Å². The molecule has 44 valence electrons. The molecule has 0 aromatic heterocycles. The summed E-state index contributed by atoms with van der Waals surface area (Å²) >= 11 is 2.14. The zero-order chi connectivity index (χ0) is 5.82. The van der Waals surface area contributed by atoms with Crippen LogP contribution in [0.3, 0.4) is 0 Å². The monoisotopic (exact) mass is 222 g/mol. The standard InChI is InChI=1S/C5H7IN2/c6-8-2-1-5-3-7-4-5/h3-4,8H,1-2H2. The highest BCUT2D eigenvalue weighted by Gasteiger charge is 1.96. The van der Waals surface area contributed by atoms with E-state index in [1.54, 1.807) is 0 Å². The molecule has 0 amide bonds. The minimum absolute atomic E-state index is 1.04. The molecule has 0 aliphatic carbocycles. The van der Waals surface area contributed by atoms with Gasteiger partial charge in [0.1, 0.15) is 0 Å². The minimum Gasteiger partial charge on any atom is -0.264 e. The average Bonchev–Trinajstić information content (AvgIpc) is 1.63. The maximum atomic E-state index is 3.83. The van der Waals surface area contributed by atoms with Crippen molar-refractivity contribution in [2.45, 2.75) is 6.42 Å². The van der Waals surface area contributed by atoms with E-state index in [0.29, 0.717) is 0 Å². The fourth-order valence-corrected chi connectivity index (χ4v) is 0.770. The second-order valence-electron chi connectivity index (χ2n) is 1.62. The Bertz CT molecular complexity index is 128. The average molecular weight is 222 g/mol. The molecule has 1 rings (SSSR count). The normalized spacial score (nSPS) is 15.4. The summed E-state index contributed by atoms with van der Waals surface area (Å²) in [5, 5.41) is 0. The topological polar surface area (TPSA) is 24.4 Å². The lowest BCUT2D eigenvalue weighted by Gasteiger charge is -2.02. The molecule has 1 N–H and O–H groups in total. The maximum Gasteiger partial charge on any atom is 0.0315 e. The lowest BCUT2D eigenvalue weighted by Crippen LogP contribution is -2.04. The molecule has 1 aliphatic rings. The molecule has 0 saturated heterocycles. The SMILES string of the molecule is INCCC1=CN=C1. The van der Waals surface area contributed by atoms with Crippen LogP contribution in [-0.4, -0.2) is 12.8 Å². The third-order valence-electron chi connectivity index (χ3n) is 0.989. The number of hydrogen-bond acceptors (Lipinski definition) is 2. The van der Waals surface area contributed by atoms with Crippen LogP contribution in [0.15, 0.2) is 16.8 Å².